The molecule has 2 saturated heterocycles. The predicted octanol–water partition coefficient (Wildman–Crippen LogP) is 2.67. The minimum atomic E-state index is 0. The van der Waals surface area contributed by atoms with Gasteiger partial charge in [0.15, 0.2) is 5.96 Å². The molecule has 0 aromatic heterocycles. The summed E-state index contributed by atoms with van der Waals surface area (Å²) in [4.78, 5) is 9.43. The lowest BCUT2D eigenvalue weighted by atomic mass is 10.0. The topological polar surface area (TPSA) is 44.9 Å². The molecule has 0 aromatic rings. The van der Waals surface area contributed by atoms with E-state index in [0.717, 1.165) is 38.2 Å². The van der Waals surface area contributed by atoms with Gasteiger partial charge in [-0.25, -0.2) is 0 Å². The van der Waals surface area contributed by atoms with Crippen LogP contribution >= 0.6 is 24.0 Å². The van der Waals surface area contributed by atoms with Crippen LogP contribution in [0.2, 0.25) is 0 Å². The summed E-state index contributed by atoms with van der Waals surface area (Å²) in [5.41, 5.74) is 6.13. The van der Waals surface area contributed by atoms with E-state index in [-0.39, 0.29) is 24.0 Å². The molecule has 5 heteroatoms. The Hall–Kier alpha value is -0.0400. The zero-order chi connectivity index (χ0) is 13.5. The number of aliphatic imine (C=N–C) groups is 1. The summed E-state index contributed by atoms with van der Waals surface area (Å²) in [6.07, 6.45) is 9.28. The van der Waals surface area contributed by atoms with Crippen LogP contribution in [-0.4, -0.2) is 54.5 Å². The lowest BCUT2D eigenvalue weighted by Crippen LogP contribution is -2.41. The van der Waals surface area contributed by atoms with Crippen molar-refractivity contribution in [3.8, 4) is 0 Å². The van der Waals surface area contributed by atoms with Gasteiger partial charge in [-0.15, -0.1) is 24.0 Å². The maximum Gasteiger partial charge on any atom is 0.191 e. The molecule has 2 heterocycles. The van der Waals surface area contributed by atoms with Crippen LogP contribution in [-0.2, 0) is 0 Å². The first-order chi connectivity index (χ1) is 9.27. The molecule has 0 bridgehead atoms. The first-order valence-electron chi connectivity index (χ1n) is 8.06. The number of nitrogens with zero attached hydrogens (tertiary/aromatic N) is 3. The molecule has 2 fully saturated rings. The molecule has 0 spiro atoms. The second-order valence-electron chi connectivity index (χ2n) is 6.02. The minimum absolute atomic E-state index is 0. The van der Waals surface area contributed by atoms with Crippen molar-refractivity contribution in [3.63, 3.8) is 0 Å². The highest BCUT2D eigenvalue weighted by molar-refractivity contribution is 14.0. The van der Waals surface area contributed by atoms with Gasteiger partial charge in [-0.1, -0.05) is 19.3 Å². The normalized spacial score (nSPS) is 25.9. The number of hydrogen-bond acceptors (Lipinski definition) is 2. The third kappa shape index (κ3) is 5.76. The second-order valence-corrected chi connectivity index (χ2v) is 6.02. The molecule has 0 aliphatic carbocycles. The lowest BCUT2D eigenvalue weighted by Gasteiger charge is -2.32. The van der Waals surface area contributed by atoms with Crippen molar-refractivity contribution in [2.45, 2.75) is 57.9 Å². The van der Waals surface area contributed by atoms with Crippen LogP contribution < -0.4 is 5.73 Å². The first-order valence-corrected chi connectivity index (χ1v) is 8.06. The van der Waals surface area contributed by atoms with Gasteiger partial charge in [-0.3, -0.25) is 9.89 Å². The highest BCUT2D eigenvalue weighted by atomic mass is 127. The third-order valence-electron chi connectivity index (χ3n) is 4.53. The van der Waals surface area contributed by atoms with E-state index in [1.807, 2.05) is 0 Å². The fourth-order valence-corrected chi connectivity index (χ4v) is 3.18. The molecule has 118 valence electrons. The Morgan fingerprint density at radius 3 is 2.35 bits per heavy atom. The monoisotopic (exact) mass is 394 g/mol. The van der Waals surface area contributed by atoms with E-state index >= 15 is 0 Å². The van der Waals surface area contributed by atoms with E-state index < -0.39 is 0 Å². The summed E-state index contributed by atoms with van der Waals surface area (Å²) in [5, 5.41) is 0. The summed E-state index contributed by atoms with van der Waals surface area (Å²) in [6, 6.07) is 0.725. The van der Waals surface area contributed by atoms with E-state index in [2.05, 4.69) is 21.7 Å². The number of rotatable bonds is 3. The molecule has 0 radical (unpaired) electrons. The van der Waals surface area contributed by atoms with Gasteiger partial charge >= 0.3 is 0 Å². The Balaban J connectivity index is 0.00000200. The first kappa shape index (κ1) is 18.0. The van der Waals surface area contributed by atoms with E-state index in [9.17, 15) is 0 Å². The zero-order valence-corrected chi connectivity index (χ0v) is 15.2. The molecule has 2 aliphatic rings. The van der Waals surface area contributed by atoms with Gasteiger partial charge in [0.2, 0.25) is 0 Å². The summed E-state index contributed by atoms with van der Waals surface area (Å²) < 4.78 is 0. The molecular weight excluding hydrogens is 363 g/mol. The Bertz CT molecular complexity index is 288. The van der Waals surface area contributed by atoms with Crippen molar-refractivity contribution in [2.24, 2.45) is 10.7 Å². The van der Waals surface area contributed by atoms with Crippen LogP contribution in [0.1, 0.15) is 51.9 Å². The van der Waals surface area contributed by atoms with Gasteiger partial charge in [0.05, 0.1) is 6.54 Å². The van der Waals surface area contributed by atoms with Gasteiger partial charge in [0.25, 0.3) is 0 Å². The fraction of sp³-hybridized carbons (Fsp3) is 0.933. The van der Waals surface area contributed by atoms with Gasteiger partial charge in [0, 0.05) is 25.7 Å². The van der Waals surface area contributed by atoms with E-state index in [1.54, 1.807) is 0 Å². The van der Waals surface area contributed by atoms with Crippen LogP contribution in [0.3, 0.4) is 0 Å². The fourth-order valence-electron chi connectivity index (χ4n) is 3.18. The molecule has 4 nitrogen and oxygen atoms in total. The zero-order valence-electron chi connectivity index (χ0n) is 12.9. The SMILES string of the molecule is CC1CCCCN1CCN=C(N)N1CCCCCC1.I. The Morgan fingerprint density at radius 1 is 1.05 bits per heavy atom. The number of piperidine rings is 1. The van der Waals surface area contributed by atoms with Crippen LogP contribution in [0.15, 0.2) is 4.99 Å². The second kappa shape index (κ2) is 9.82. The molecular formula is C15H31IN4. The molecule has 0 amide bonds. The molecule has 0 aromatic carbocycles. The average Bonchev–Trinajstić information content (AvgIpc) is 2.70. The Labute approximate surface area is 141 Å². The molecule has 0 saturated carbocycles. The van der Waals surface area contributed by atoms with Crippen LogP contribution in [0.4, 0.5) is 0 Å². The van der Waals surface area contributed by atoms with Crippen LogP contribution in [0, 0.1) is 0 Å². The van der Waals surface area contributed by atoms with Gasteiger partial charge in [-0.2, -0.15) is 0 Å². The summed E-state index contributed by atoms with van der Waals surface area (Å²) in [7, 11) is 0. The molecule has 2 rings (SSSR count). The Kier molecular flexibility index (Phi) is 8.84. The highest BCUT2D eigenvalue weighted by Crippen LogP contribution is 2.15. The van der Waals surface area contributed by atoms with E-state index in [4.69, 9.17) is 5.73 Å². The van der Waals surface area contributed by atoms with Crippen molar-refractivity contribution < 1.29 is 0 Å². The number of hydrogen-bond donors (Lipinski definition) is 1. The molecule has 1 unspecified atom stereocenters. The largest absolute Gasteiger partial charge is 0.370 e. The van der Waals surface area contributed by atoms with Gasteiger partial charge in [0.1, 0.15) is 0 Å². The standard InChI is InChI=1S/C15H30N4.HI/c1-14-8-4-7-10-18(14)13-9-17-15(16)19-11-5-2-3-6-12-19;/h14H,2-13H2,1H3,(H2,16,17);1H. The van der Waals surface area contributed by atoms with Crippen LogP contribution in [0.5, 0.6) is 0 Å². The molecule has 20 heavy (non-hydrogen) atoms. The van der Waals surface area contributed by atoms with E-state index in [1.165, 1.54) is 51.5 Å². The summed E-state index contributed by atoms with van der Waals surface area (Å²) >= 11 is 0. The third-order valence-corrected chi connectivity index (χ3v) is 4.53. The minimum Gasteiger partial charge on any atom is -0.370 e. The highest BCUT2D eigenvalue weighted by Gasteiger charge is 2.17. The predicted molar refractivity (Wildman–Crippen MR) is 96.8 cm³/mol. The summed E-state index contributed by atoms with van der Waals surface area (Å²) in [5.74, 6) is 0.770. The van der Waals surface area contributed by atoms with Crippen molar-refractivity contribution >= 4 is 29.9 Å². The van der Waals surface area contributed by atoms with Crippen molar-refractivity contribution in [1.29, 1.82) is 0 Å². The van der Waals surface area contributed by atoms with Crippen molar-refractivity contribution in [3.05, 3.63) is 0 Å². The smallest absolute Gasteiger partial charge is 0.191 e. The van der Waals surface area contributed by atoms with Crippen molar-refractivity contribution in [1.82, 2.24) is 9.80 Å². The maximum atomic E-state index is 6.13. The van der Waals surface area contributed by atoms with Gasteiger partial charge in [-0.05, 0) is 39.2 Å². The number of nitrogens with two attached hydrogens (primary N) is 1. The van der Waals surface area contributed by atoms with Crippen LogP contribution in [0.25, 0.3) is 0 Å². The average molecular weight is 394 g/mol. The lowest BCUT2D eigenvalue weighted by molar-refractivity contribution is 0.165. The maximum absolute atomic E-state index is 6.13. The van der Waals surface area contributed by atoms with Gasteiger partial charge < -0.3 is 10.6 Å². The number of likely N-dealkylation sites (tertiary alicyclic amines) is 2. The molecule has 2 aliphatic heterocycles. The molecule has 1 atom stereocenters. The number of guanidine groups is 1. The molecule has 2 N–H and O–H groups in total. The van der Waals surface area contributed by atoms with E-state index in [0.29, 0.717) is 0 Å². The Morgan fingerprint density at radius 2 is 1.70 bits per heavy atom. The van der Waals surface area contributed by atoms with Crippen molar-refractivity contribution in [2.75, 3.05) is 32.7 Å². The number of halogens is 1. The quantitative estimate of drug-likeness (QED) is 0.455. The summed E-state index contributed by atoms with van der Waals surface area (Å²) in [6.45, 7) is 7.68.